The lowest BCUT2D eigenvalue weighted by Gasteiger charge is -2.29. The van der Waals surface area contributed by atoms with Gasteiger partial charge in [-0.2, -0.15) is 9.57 Å². The van der Waals surface area contributed by atoms with E-state index in [1.165, 1.54) is 24.3 Å². The van der Waals surface area contributed by atoms with Gasteiger partial charge in [0.2, 0.25) is 15.9 Å². The van der Waals surface area contributed by atoms with Crippen LogP contribution in [0.5, 0.6) is 5.75 Å². The summed E-state index contributed by atoms with van der Waals surface area (Å²) in [5, 5.41) is 19.3. The molecule has 53 heavy (non-hydrogen) atoms. The standard InChI is InChI=1S/C38H32F5N3O6S/c1-2-52-32-14-28(38(48)49)29(39)15-31(32)46(18-21-11-26(22-7-8-22)13-27(12-21)23-9-10-23)34(47)20-45(19-25-6-4-3-5-24(25)17-44)53(50,51)33-16-30(40)35(41)37(43)36(33)42/h3-6,11-16,22-23H,2,7-10,18-20H2,1H3,(H,48,49). The highest BCUT2D eigenvalue weighted by atomic mass is 32.2. The molecule has 4 aromatic carbocycles. The fourth-order valence-electron chi connectivity index (χ4n) is 6.12. The van der Waals surface area contributed by atoms with Crippen LogP contribution in [0.1, 0.15) is 82.6 Å². The normalized spacial score (nSPS) is 14.2. The molecule has 0 aliphatic heterocycles. The number of rotatable bonds is 14. The van der Waals surface area contributed by atoms with Crippen LogP contribution in [0.2, 0.25) is 0 Å². The zero-order valence-electron chi connectivity index (χ0n) is 28.2. The number of ether oxygens (including phenoxy) is 1. The third-order valence-electron chi connectivity index (χ3n) is 9.13. The van der Waals surface area contributed by atoms with Gasteiger partial charge in [0.05, 0.1) is 42.6 Å². The maximum atomic E-state index is 15.4. The molecule has 0 unspecified atom stereocenters. The number of carboxylic acid groups (broad SMARTS) is 1. The number of carbonyl (C=O) groups is 2. The van der Waals surface area contributed by atoms with Crippen LogP contribution in [0, 0.1) is 40.4 Å². The maximum Gasteiger partial charge on any atom is 0.338 e. The van der Waals surface area contributed by atoms with Gasteiger partial charge in [-0.25, -0.2) is 35.2 Å². The van der Waals surface area contributed by atoms with E-state index >= 15 is 8.78 Å². The van der Waals surface area contributed by atoms with Gasteiger partial charge in [0.25, 0.3) is 0 Å². The summed E-state index contributed by atoms with van der Waals surface area (Å²) < 4.78 is 107. The molecular formula is C38H32F5N3O6S. The number of benzene rings is 4. The molecule has 2 aliphatic rings. The second-order valence-corrected chi connectivity index (χ2v) is 14.8. The van der Waals surface area contributed by atoms with Crippen molar-refractivity contribution in [1.82, 2.24) is 4.31 Å². The van der Waals surface area contributed by atoms with Gasteiger partial charge in [-0.05, 0) is 78.8 Å². The van der Waals surface area contributed by atoms with Crippen LogP contribution >= 0.6 is 0 Å². The van der Waals surface area contributed by atoms with Crippen LogP contribution in [0.15, 0.2) is 65.6 Å². The number of sulfonamides is 1. The minimum atomic E-state index is -5.39. The van der Waals surface area contributed by atoms with Crippen LogP contribution in [0.4, 0.5) is 27.6 Å². The minimum absolute atomic E-state index is 0.0273. The monoisotopic (exact) mass is 753 g/mol. The van der Waals surface area contributed by atoms with Crippen molar-refractivity contribution in [3.05, 3.63) is 123 Å². The van der Waals surface area contributed by atoms with Crippen LogP contribution in [-0.2, 0) is 27.9 Å². The number of anilines is 1. The molecule has 15 heteroatoms. The van der Waals surface area contributed by atoms with E-state index in [4.69, 9.17) is 4.74 Å². The molecule has 0 aromatic heterocycles. The first-order valence-electron chi connectivity index (χ1n) is 16.7. The predicted octanol–water partition coefficient (Wildman–Crippen LogP) is 7.53. The third-order valence-corrected chi connectivity index (χ3v) is 10.9. The van der Waals surface area contributed by atoms with Gasteiger partial charge in [0, 0.05) is 18.7 Å². The molecule has 1 amide bonds. The summed E-state index contributed by atoms with van der Waals surface area (Å²) in [6.45, 7) is -0.735. The number of amides is 1. The molecule has 0 atom stereocenters. The summed E-state index contributed by atoms with van der Waals surface area (Å²) in [5.41, 5.74) is 1.62. The molecule has 0 radical (unpaired) electrons. The Morgan fingerprint density at radius 2 is 1.51 bits per heavy atom. The van der Waals surface area contributed by atoms with Crippen LogP contribution in [0.25, 0.3) is 0 Å². The number of hydrogen-bond acceptors (Lipinski definition) is 6. The summed E-state index contributed by atoms with van der Waals surface area (Å²) in [4.78, 5) is 25.8. The Hall–Kier alpha value is -5.33. The fraction of sp³-hybridized carbons (Fsp3) is 0.289. The number of carbonyl (C=O) groups excluding carboxylic acids is 1. The van der Waals surface area contributed by atoms with Crippen LogP contribution in [0.3, 0.4) is 0 Å². The second kappa shape index (κ2) is 15.0. The van der Waals surface area contributed by atoms with E-state index in [9.17, 15) is 41.5 Å². The molecule has 6 rings (SSSR count). The zero-order chi connectivity index (χ0) is 38.2. The van der Waals surface area contributed by atoms with Gasteiger partial charge in [-0.1, -0.05) is 36.4 Å². The number of nitriles is 1. The Labute approximate surface area is 301 Å². The van der Waals surface area contributed by atoms with E-state index in [0.29, 0.717) is 21.7 Å². The van der Waals surface area contributed by atoms with E-state index in [1.54, 1.807) is 6.92 Å². The smallest absolute Gasteiger partial charge is 0.338 e. The lowest BCUT2D eigenvalue weighted by molar-refractivity contribution is -0.119. The SMILES string of the molecule is CCOc1cc(C(=O)O)c(F)cc1N(Cc1cc(C2CC2)cc(C2CC2)c1)C(=O)CN(Cc1ccccc1C#N)S(=O)(=O)c1cc(F)c(F)c(F)c1F. The lowest BCUT2D eigenvalue weighted by atomic mass is 9.99. The molecule has 0 saturated heterocycles. The number of nitrogens with zero attached hydrogens (tertiary/aromatic N) is 3. The van der Waals surface area contributed by atoms with Gasteiger partial charge in [-0.3, -0.25) is 4.79 Å². The summed E-state index contributed by atoms with van der Waals surface area (Å²) in [7, 11) is -5.39. The van der Waals surface area contributed by atoms with Gasteiger partial charge in [0.1, 0.15) is 16.5 Å². The van der Waals surface area contributed by atoms with E-state index in [-0.39, 0.29) is 41.8 Å². The molecule has 0 heterocycles. The topological polar surface area (TPSA) is 128 Å². The largest absolute Gasteiger partial charge is 0.492 e. The molecule has 2 fully saturated rings. The number of carboxylic acids is 1. The van der Waals surface area contributed by atoms with Crippen LogP contribution in [-0.4, -0.2) is 42.9 Å². The predicted molar refractivity (Wildman–Crippen MR) is 181 cm³/mol. The molecule has 276 valence electrons. The first kappa shape index (κ1) is 37.4. The highest BCUT2D eigenvalue weighted by Crippen LogP contribution is 2.46. The number of aromatic carboxylic acids is 1. The summed E-state index contributed by atoms with van der Waals surface area (Å²) in [6.07, 6.45) is 3.85. The molecule has 0 spiro atoms. The van der Waals surface area contributed by atoms with Gasteiger partial charge < -0.3 is 14.7 Å². The Morgan fingerprint density at radius 1 is 0.868 bits per heavy atom. The molecule has 1 N–H and O–H groups in total. The maximum absolute atomic E-state index is 15.4. The first-order valence-corrected chi connectivity index (χ1v) is 18.1. The van der Waals surface area contributed by atoms with E-state index < -0.39 is 74.5 Å². The Bertz CT molecular complexity index is 2240. The van der Waals surface area contributed by atoms with Gasteiger partial charge in [0.15, 0.2) is 23.3 Å². The van der Waals surface area contributed by atoms with Crippen molar-refractivity contribution in [1.29, 1.82) is 5.26 Å². The Balaban J connectivity index is 1.49. The highest BCUT2D eigenvalue weighted by molar-refractivity contribution is 7.89. The quantitative estimate of drug-likeness (QED) is 0.0801. The molecule has 0 bridgehead atoms. The summed E-state index contributed by atoms with van der Waals surface area (Å²) in [5.74, 6) is -12.4. The minimum Gasteiger partial charge on any atom is -0.492 e. The fourth-order valence-corrected chi connectivity index (χ4v) is 7.55. The Kier molecular flexibility index (Phi) is 10.6. The molecule has 2 aliphatic carbocycles. The van der Waals surface area contributed by atoms with E-state index in [0.717, 1.165) is 53.8 Å². The van der Waals surface area contributed by atoms with Crippen molar-refractivity contribution in [2.75, 3.05) is 18.1 Å². The lowest BCUT2D eigenvalue weighted by Crippen LogP contribution is -2.43. The molecule has 9 nitrogen and oxygen atoms in total. The average Bonchev–Trinajstić information content (AvgIpc) is 4.05. The van der Waals surface area contributed by atoms with Crippen molar-refractivity contribution >= 4 is 27.6 Å². The summed E-state index contributed by atoms with van der Waals surface area (Å²) >= 11 is 0. The zero-order valence-corrected chi connectivity index (χ0v) is 29.0. The second-order valence-electron chi connectivity index (χ2n) is 12.9. The highest BCUT2D eigenvalue weighted by Gasteiger charge is 2.36. The first-order chi connectivity index (χ1) is 25.2. The van der Waals surface area contributed by atoms with Crippen molar-refractivity contribution in [2.24, 2.45) is 0 Å². The van der Waals surface area contributed by atoms with Crippen LogP contribution < -0.4 is 9.64 Å². The summed E-state index contributed by atoms with van der Waals surface area (Å²) in [6, 6.07) is 15.0. The van der Waals surface area contributed by atoms with Crippen molar-refractivity contribution < 1.29 is 49.8 Å². The van der Waals surface area contributed by atoms with E-state index in [2.05, 4.69) is 6.07 Å². The number of halogens is 5. The molecule has 4 aromatic rings. The number of hydrogen-bond donors (Lipinski definition) is 1. The van der Waals surface area contributed by atoms with Crippen molar-refractivity contribution in [3.8, 4) is 11.8 Å². The average molecular weight is 754 g/mol. The van der Waals surface area contributed by atoms with Gasteiger partial charge in [-0.15, -0.1) is 0 Å². The van der Waals surface area contributed by atoms with Crippen molar-refractivity contribution in [3.63, 3.8) is 0 Å². The third kappa shape index (κ3) is 7.89. The van der Waals surface area contributed by atoms with Gasteiger partial charge >= 0.3 is 5.97 Å². The molecule has 2 saturated carbocycles. The van der Waals surface area contributed by atoms with E-state index in [1.807, 2.05) is 18.2 Å². The molecular weight excluding hydrogens is 721 g/mol. The van der Waals surface area contributed by atoms with Crippen molar-refractivity contribution in [2.45, 2.75) is 62.4 Å². The Morgan fingerprint density at radius 3 is 2.09 bits per heavy atom.